The van der Waals surface area contributed by atoms with E-state index in [0.29, 0.717) is 36.6 Å². The Morgan fingerprint density at radius 1 is 1.23 bits per heavy atom. The zero-order valence-electron chi connectivity index (χ0n) is 18.7. The van der Waals surface area contributed by atoms with Crippen LogP contribution >= 0.6 is 0 Å². The molecule has 1 amide bonds. The summed E-state index contributed by atoms with van der Waals surface area (Å²) in [5.74, 6) is -0.667. The van der Waals surface area contributed by atoms with Gasteiger partial charge < -0.3 is 19.1 Å². The van der Waals surface area contributed by atoms with E-state index in [9.17, 15) is 9.59 Å². The summed E-state index contributed by atoms with van der Waals surface area (Å²) < 4.78 is 23.2. The number of hydrogen-bond acceptors (Lipinski definition) is 6. The van der Waals surface area contributed by atoms with Crippen molar-refractivity contribution in [2.24, 2.45) is 0 Å². The molecule has 8 nitrogen and oxygen atoms in total. The highest BCUT2D eigenvalue weighted by molar-refractivity contribution is 5.99. The van der Waals surface area contributed by atoms with E-state index in [1.807, 2.05) is 44.2 Å². The van der Waals surface area contributed by atoms with Crippen LogP contribution in [0, 0.1) is 5.82 Å². The summed E-state index contributed by atoms with van der Waals surface area (Å²) in [5, 5.41) is 0.153. The van der Waals surface area contributed by atoms with Gasteiger partial charge >= 0.3 is 0 Å². The number of aromatic nitrogens is 1. The van der Waals surface area contributed by atoms with Gasteiger partial charge in [-0.25, -0.2) is 9.82 Å². The zero-order chi connectivity index (χ0) is 22.5. The highest BCUT2D eigenvalue weighted by Crippen LogP contribution is 2.42. The van der Waals surface area contributed by atoms with Crippen LogP contribution in [-0.4, -0.2) is 60.7 Å². The molecule has 0 unspecified atom stereocenters. The van der Waals surface area contributed by atoms with E-state index in [-0.39, 0.29) is 22.5 Å². The molecule has 0 saturated carbocycles. The fourth-order valence-corrected chi connectivity index (χ4v) is 4.01. The van der Waals surface area contributed by atoms with Gasteiger partial charge in [0.25, 0.3) is 5.91 Å². The van der Waals surface area contributed by atoms with Crippen molar-refractivity contribution in [2.45, 2.75) is 39.3 Å². The largest absolute Gasteiger partial charge is 0.487 e. The summed E-state index contributed by atoms with van der Waals surface area (Å²) in [7, 11) is 2.04. The van der Waals surface area contributed by atoms with Crippen molar-refractivity contribution in [3.05, 3.63) is 33.9 Å². The predicted octanol–water partition coefficient (Wildman–Crippen LogP) is 1.88. The van der Waals surface area contributed by atoms with Gasteiger partial charge in [-0.05, 0) is 40.8 Å². The first-order valence-corrected chi connectivity index (χ1v) is 10.6. The molecular formula is C22H30FN5O3. The molecule has 2 N–H and O–H groups in total. The van der Waals surface area contributed by atoms with Crippen molar-refractivity contribution in [1.29, 1.82) is 0 Å². The van der Waals surface area contributed by atoms with Crippen LogP contribution in [0.15, 0.2) is 17.1 Å². The number of rotatable bonds is 3. The van der Waals surface area contributed by atoms with Gasteiger partial charge in [0.05, 0.1) is 16.9 Å². The number of carbonyl (C=O) groups excluding carboxylic acids is 1. The van der Waals surface area contributed by atoms with Crippen molar-refractivity contribution in [1.82, 2.24) is 20.3 Å². The molecule has 1 atom stereocenters. The van der Waals surface area contributed by atoms with Gasteiger partial charge in [-0.1, -0.05) is 0 Å². The zero-order valence-corrected chi connectivity index (χ0v) is 18.7. The molecule has 0 spiro atoms. The van der Waals surface area contributed by atoms with E-state index in [1.165, 1.54) is 6.07 Å². The molecule has 0 bridgehead atoms. The Bertz CT molecular complexity index is 1080. The lowest BCUT2D eigenvalue weighted by Crippen LogP contribution is -2.49. The Labute approximate surface area is 180 Å². The molecule has 2 aromatic rings. The van der Waals surface area contributed by atoms with E-state index < -0.39 is 17.2 Å². The van der Waals surface area contributed by atoms with Crippen molar-refractivity contribution in [3.63, 3.8) is 0 Å². The Hall–Kier alpha value is -2.65. The van der Waals surface area contributed by atoms with E-state index in [0.717, 1.165) is 13.1 Å². The second-order valence-electron chi connectivity index (χ2n) is 9.49. The third-order valence-electron chi connectivity index (χ3n) is 5.76. The van der Waals surface area contributed by atoms with Crippen LogP contribution < -0.4 is 25.9 Å². The van der Waals surface area contributed by atoms with Crippen molar-refractivity contribution < 1.29 is 13.9 Å². The minimum Gasteiger partial charge on any atom is -0.487 e. The number of nitrogens with zero attached hydrogens (tertiary/aromatic N) is 3. The number of carbonyl (C=O) groups is 1. The number of pyridine rings is 1. The molecule has 1 aromatic carbocycles. The molecule has 1 saturated heterocycles. The van der Waals surface area contributed by atoms with Crippen LogP contribution in [-0.2, 0) is 0 Å². The third kappa shape index (κ3) is 3.99. The molecule has 1 fully saturated rings. The topological polar surface area (TPSA) is 78.8 Å². The Kier molecular flexibility index (Phi) is 5.43. The molecule has 4 rings (SSSR count). The fraction of sp³-hybridized carbons (Fsp3) is 0.545. The number of anilines is 1. The average Bonchev–Trinajstić information content (AvgIpc) is 2.70. The molecule has 0 aliphatic carbocycles. The summed E-state index contributed by atoms with van der Waals surface area (Å²) in [6.45, 7) is 10.9. The highest BCUT2D eigenvalue weighted by atomic mass is 19.1. The molecule has 1 aromatic heterocycles. The Balaban J connectivity index is 1.85. The van der Waals surface area contributed by atoms with E-state index in [1.54, 1.807) is 6.20 Å². The molecule has 2 aliphatic rings. The number of benzene rings is 1. The maximum atomic E-state index is 15.3. The fourth-order valence-electron chi connectivity index (χ4n) is 4.01. The maximum Gasteiger partial charge on any atom is 0.270 e. The quantitative estimate of drug-likeness (QED) is 0.723. The number of hydrazine groups is 1. The van der Waals surface area contributed by atoms with E-state index in [2.05, 4.69) is 15.8 Å². The van der Waals surface area contributed by atoms with Gasteiger partial charge in [0.1, 0.15) is 17.9 Å². The van der Waals surface area contributed by atoms with Crippen molar-refractivity contribution in [2.75, 3.05) is 44.7 Å². The lowest BCUT2D eigenvalue weighted by molar-refractivity contribution is 0.0912. The van der Waals surface area contributed by atoms with Crippen LogP contribution in [0.2, 0.25) is 0 Å². The smallest absolute Gasteiger partial charge is 0.270 e. The summed E-state index contributed by atoms with van der Waals surface area (Å²) in [4.78, 5) is 30.1. The number of likely N-dealkylation sites (N-methyl/N-ethyl adjacent to an activating group) is 1. The lowest BCUT2D eigenvalue weighted by Gasteiger charge is -2.37. The lowest BCUT2D eigenvalue weighted by atomic mass is 10.0. The van der Waals surface area contributed by atoms with Gasteiger partial charge in [-0.2, -0.15) is 0 Å². The van der Waals surface area contributed by atoms with Gasteiger partial charge in [0.2, 0.25) is 5.43 Å². The number of nitrogens with one attached hydrogen (secondary N) is 2. The molecule has 31 heavy (non-hydrogen) atoms. The van der Waals surface area contributed by atoms with Gasteiger partial charge in [0.15, 0.2) is 11.6 Å². The molecule has 2 aliphatic heterocycles. The second-order valence-corrected chi connectivity index (χ2v) is 9.49. The van der Waals surface area contributed by atoms with E-state index in [4.69, 9.17) is 4.74 Å². The summed E-state index contributed by atoms with van der Waals surface area (Å²) in [6.07, 6.45) is 1.56. The number of hydrogen-bond donors (Lipinski definition) is 2. The standard InChI is InChI=1S/C22H30FN5O3/c1-13-12-31-20-17-14(10-16(23)18(20)27-8-6-26(5)7-9-27)19(29)15(11-28(13)17)21(30)24-25-22(2,3)4/h10-11,13,25H,6-9,12H2,1-5H3,(H,24,30)/t13-/m0/s1. The minimum absolute atomic E-state index is 0.0318. The number of amides is 1. The van der Waals surface area contributed by atoms with Gasteiger partial charge in [-0.3, -0.25) is 15.0 Å². The SMILES string of the molecule is C[C@H]1COc2c(N3CCN(C)CC3)c(F)cc3c(=O)c(C(=O)NNC(C)(C)C)cn1c23. The minimum atomic E-state index is -0.547. The van der Waals surface area contributed by atoms with E-state index >= 15 is 4.39 Å². The van der Waals surface area contributed by atoms with Crippen molar-refractivity contribution >= 4 is 22.5 Å². The highest BCUT2D eigenvalue weighted by Gasteiger charge is 2.31. The third-order valence-corrected chi connectivity index (χ3v) is 5.76. The van der Waals surface area contributed by atoms with Crippen LogP contribution in [0.5, 0.6) is 5.75 Å². The number of halogens is 1. The molecule has 168 valence electrons. The second kappa shape index (κ2) is 7.80. The van der Waals surface area contributed by atoms with Crippen LogP contribution in [0.3, 0.4) is 0 Å². The van der Waals surface area contributed by atoms with Crippen LogP contribution in [0.1, 0.15) is 44.1 Å². The van der Waals surface area contributed by atoms with Crippen LogP contribution in [0.25, 0.3) is 10.9 Å². The first kappa shape index (κ1) is 21.6. The maximum absolute atomic E-state index is 15.3. The molecular weight excluding hydrogens is 401 g/mol. The molecule has 3 heterocycles. The molecule has 0 radical (unpaired) electrons. The first-order chi connectivity index (χ1) is 14.6. The summed E-state index contributed by atoms with van der Waals surface area (Å²) in [6, 6.07) is 1.14. The number of piperazine rings is 1. The monoisotopic (exact) mass is 431 g/mol. The van der Waals surface area contributed by atoms with Gasteiger partial charge in [-0.15, -0.1) is 0 Å². The Morgan fingerprint density at radius 2 is 1.90 bits per heavy atom. The van der Waals surface area contributed by atoms with Crippen LogP contribution in [0.4, 0.5) is 10.1 Å². The predicted molar refractivity (Wildman–Crippen MR) is 118 cm³/mol. The summed E-state index contributed by atoms with van der Waals surface area (Å²) >= 11 is 0. The number of ether oxygens (including phenoxy) is 1. The Morgan fingerprint density at radius 3 is 2.55 bits per heavy atom. The average molecular weight is 432 g/mol. The van der Waals surface area contributed by atoms with Gasteiger partial charge in [0, 0.05) is 37.9 Å². The first-order valence-electron chi connectivity index (χ1n) is 10.6. The normalized spacial score (nSPS) is 19.4. The summed E-state index contributed by atoms with van der Waals surface area (Å²) in [5.41, 5.74) is 5.49. The molecule has 9 heteroatoms. The van der Waals surface area contributed by atoms with Crippen molar-refractivity contribution in [3.8, 4) is 5.75 Å².